The second-order valence-corrected chi connectivity index (χ2v) is 15.2. The van der Waals surface area contributed by atoms with Crippen molar-refractivity contribution < 1.29 is 33.4 Å². The fourth-order valence-corrected chi connectivity index (χ4v) is 9.28. The fourth-order valence-electron chi connectivity index (χ4n) is 8.79. The SMILES string of the molecule is O=C1[C@@H]2C[C@@H]3C(=CC[C@@H]4C(=O)N(c5ccc(I)cc5)C(=O)[C@@H]43)[C@H](c3ccc(OCCO)cc3)[C@]2(c2ccc(Cl)cc2)C(=O)N1Nc1ccc(F)cc1. The number of halogens is 3. The van der Waals surface area contributed by atoms with E-state index in [1.807, 2.05) is 30.3 Å². The number of ether oxygens (including phenoxy) is 1. The summed E-state index contributed by atoms with van der Waals surface area (Å²) < 4.78 is 20.5. The number of amides is 4. The van der Waals surface area contributed by atoms with Crippen LogP contribution >= 0.6 is 34.2 Å². The predicted molar refractivity (Wildman–Crippen MR) is 200 cm³/mol. The summed E-state index contributed by atoms with van der Waals surface area (Å²) in [5.74, 6) is -5.16. The molecule has 4 amide bonds. The number of hydrogen-bond donors (Lipinski definition) is 2. The number of aliphatic hydroxyl groups is 1. The minimum absolute atomic E-state index is 0.0973. The standard InChI is InChI=1S/C40H32ClFIN3O6/c41-24-5-3-23(4-6-24)40-33(37(49)46(39(40)51)44-27-11-7-25(42)8-12-27)21-32-30(35(40)22-1-15-29(16-2-22)52-20-19-47)17-18-31-34(32)38(50)45(36(31)48)28-13-9-26(43)10-14-28/h1-17,31-35,44,47H,18-21H2/t31-,32+,33-,34-,35-,40+/m0/s1. The zero-order chi connectivity index (χ0) is 36.3. The van der Waals surface area contributed by atoms with Crippen LogP contribution in [-0.4, -0.2) is 47.0 Å². The molecule has 52 heavy (non-hydrogen) atoms. The molecule has 0 unspecified atom stereocenters. The highest BCUT2D eigenvalue weighted by Gasteiger charge is 2.70. The third kappa shape index (κ3) is 5.43. The number of carbonyl (C=O) groups excluding carboxylic acids is 4. The van der Waals surface area contributed by atoms with Gasteiger partial charge in [-0.3, -0.25) is 29.5 Å². The van der Waals surface area contributed by atoms with Crippen molar-refractivity contribution in [2.75, 3.05) is 23.5 Å². The Kier molecular flexibility index (Phi) is 8.91. The van der Waals surface area contributed by atoms with Gasteiger partial charge in [0.15, 0.2) is 0 Å². The smallest absolute Gasteiger partial charge is 0.260 e. The molecule has 2 heterocycles. The molecule has 2 N–H and O–H groups in total. The van der Waals surface area contributed by atoms with Gasteiger partial charge in [0.25, 0.3) is 11.8 Å². The first-order valence-corrected chi connectivity index (χ1v) is 18.4. The minimum Gasteiger partial charge on any atom is -0.491 e. The summed E-state index contributed by atoms with van der Waals surface area (Å²) in [5.41, 5.74) is 4.41. The van der Waals surface area contributed by atoms with Crippen molar-refractivity contribution in [1.82, 2.24) is 5.01 Å². The van der Waals surface area contributed by atoms with Crippen molar-refractivity contribution in [1.29, 1.82) is 0 Å². The van der Waals surface area contributed by atoms with Gasteiger partial charge in [-0.05, 0) is 125 Å². The normalized spacial score (nSPS) is 26.5. The molecule has 8 rings (SSSR count). The van der Waals surface area contributed by atoms with Gasteiger partial charge in [-0.1, -0.05) is 47.5 Å². The first-order chi connectivity index (χ1) is 25.1. The molecular formula is C40H32ClFIN3O6. The van der Waals surface area contributed by atoms with Crippen LogP contribution < -0.4 is 15.1 Å². The van der Waals surface area contributed by atoms with Crippen LogP contribution in [0.5, 0.6) is 5.75 Å². The fraction of sp³-hybridized carbons (Fsp3) is 0.250. The van der Waals surface area contributed by atoms with Gasteiger partial charge < -0.3 is 9.84 Å². The molecule has 2 aliphatic heterocycles. The molecule has 12 heteroatoms. The number of nitrogens with one attached hydrogen (secondary N) is 1. The van der Waals surface area contributed by atoms with Crippen LogP contribution in [-0.2, 0) is 24.6 Å². The monoisotopic (exact) mass is 831 g/mol. The van der Waals surface area contributed by atoms with Gasteiger partial charge >= 0.3 is 0 Å². The largest absolute Gasteiger partial charge is 0.491 e. The van der Waals surface area contributed by atoms with Crippen molar-refractivity contribution in [3.63, 3.8) is 0 Å². The molecule has 0 aromatic heterocycles. The average molecular weight is 832 g/mol. The molecule has 4 aliphatic rings. The average Bonchev–Trinajstić information content (AvgIpc) is 3.53. The molecule has 3 fully saturated rings. The van der Waals surface area contributed by atoms with Gasteiger partial charge in [0.05, 0.1) is 41.2 Å². The topological polar surface area (TPSA) is 116 Å². The lowest BCUT2D eigenvalue weighted by Crippen LogP contribution is -2.53. The summed E-state index contributed by atoms with van der Waals surface area (Å²) in [6, 6.07) is 26.7. The van der Waals surface area contributed by atoms with E-state index in [-0.39, 0.29) is 37.9 Å². The van der Waals surface area contributed by atoms with Crippen molar-refractivity contribution >= 4 is 69.2 Å². The van der Waals surface area contributed by atoms with E-state index in [0.717, 1.165) is 14.2 Å². The van der Waals surface area contributed by atoms with Gasteiger partial charge in [0, 0.05) is 14.5 Å². The van der Waals surface area contributed by atoms with Crippen molar-refractivity contribution in [2.24, 2.45) is 23.7 Å². The van der Waals surface area contributed by atoms with Gasteiger partial charge in [-0.25, -0.2) is 4.39 Å². The lowest BCUT2D eigenvalue weighted by atomic mass is 9.49. The van der Waals surface area contributed by atoms with Crippen LogP contribution in [0.4, 0.5) is 15.8 Å². The number of anilines is 2. The number of aliphatic hydroxyl groups excluding tert-OH is 1. The Morgan fingerprint density at radius 1 is 0.865 bits per heavy atom. The van der Waals surface area contributed by atoms with E-state index < -0.39 is 52.6 Å². The highest BCUT2D eigenvalue weighted by atomic mass is 127. The van der Waals surface area contributed by atoms with Gasteiger partial charge in [0.1, 0.15) is 18.2 Å². The Bertz CT molecular complexity index is 2110. The molecule has 2 aliphatic carbocycles. The van der Waals surface area contributed by atoms with E-state index in [1.54, 1.807) is 48.5 Å². The molecule has 6 atom stereocenters. The van der Waals surface area contributed by atoms with E-state index >= 15 is 4.79 Å². The van der Waals surface area contributed by atoms with E-state index in [9.17, 15) is 23.9 Å². The second-order valence-electron chi connectivity index (χ2n) is 13.5. The lowest BCUT2D eigenvalue weighted by Gasteiger charge is -2.50. The van der Waals surface area contributed by atoms with E-state index in [4.69, 9.17) is 16.3 Å². The number of allylic oxidation sites excluding steroid dienone is 2. The van der Waals surface area contributed by atoms with Crippen LogP contribution in [0.2, 0.25) is 5.02 Å². The zero-order valence-corrected chi connectivity index (χ0v) is 30.5. The third-order valence-electron chi connectivity index (χ3n) is 10.9. The van der Waals surface area contributed by atoms with Crippen LogP contribution in [0.1, 0.15) is 29.9 Å². The first-order valence-electron chi connectivity index (χ1n) is 17.0. The van der Waals surface area contributed by atoms with Crippen LogP contribution in [0, 0.1) is 33.1 Å². The quantitative estimate of drug-likeness (QED) is 0.116. The summed E-state index contributed by atoms with van der Waals surface area (Å²) in [4.78, 5) is 59.7. The molecule has 0 spiro atoms. The Morgan fingerprint density at radius 2 is 1.56 bits per heavy atom. The van der Waals surface area contributed by atoms with Crippen LogP contribution in [0.25, 0.3) is 0 Å². The van der Waals surface area contributed by atoms with Gasteiger partial charge in [0.2, 0.25) is 11.8 Å². The van der Waals surface area contributed by atoms with Crippen LogP contribution in [0.3, 0.4) is 0 Å². The van der Waals surface area contributed by atoms with Crippen molar-refractivity contribution in [2.45, 2.75) is 24.2 Å². The molecule has 1 saturated carbocycles. The van der Waals surface area contributed by atoms with Crippen LogP contribution in [0.15, 0.2) is 109 Å². The number of benzene rings is 4. The summed E-state index contributed by atoms with van der Waals surface area (Å²) in [7, 11) is 0. The van der Waals surface area contributed by atoms with E-state index in [1.165, 1.54) is 29.2 Å². The van der Waals surface area contributed by atoms with E-state index in [0.29, 0.717) is 33.3 Å². The molecule has 4 aromatic carbocycles. The molecule has 2 saturated heterocycles. The summed E-state index contributed by atoms with van der Waals surface area (Å²) in [5, 5.41) is 10.8. The molecule has 0 bridgehead atoms. The number of fused-ring (bicyclic) bond motifs is 4. The van der Waals surface area contributed by atoms with Gasteiger partial charge in [-0.15, -0.1) is 0 Å². The maximum Gasteiger partial charge on any atom is 0.260 e. The number of hydrogen-bond acceptors (Lipinski definition) is 7. The van der Waals surface area contributed by atoms with Crippen molar-refractivity contribution in [3.05, 3.63) is 134 Å². The molecule has 264 valence electrons. The number of rotatable bonds is 8. The summed E-state index contributed by atoms with van der Waals surface area (Å²) in [6.45, 7) is -0.0671. The number of nitrogens with zero attached hydrogens (tertiary/aromatic N) is 2. The third-order valence-corrected chi connectivity index (χ3v) is 11.9. The maximum atomic E-state index is 15.2. The summed E-state index contributed by atoms with van der Waals surface area (Å²) in [6.07, 6.45) is 2.42. The van der Waals surface area contributed by atoms with Crippen molar-refractivity contribution in [3.8, 4) is 5.75 Å². The zero-order valence-electron chi connectivity index (χ0n) is 27.5. The minimum atomic E-state index is -1.49. The second kappa shape index (κ2) is 13.4. The maximum absolute atomic E-state index is 15.2. The Morgan fingerprint density at radius 3 is 2.23 bits per heavy atom. The molecule has 0 radical (unpaired) electrons. The summed E-state index contributed by atoms with van der Waals surface area (Å²) >= 11 is 8.54. The Balaban J connectivity index is 1.30. The highest BCUT2D eigenvalue weighted by molar-refractivity contribution is 14.1. The van der Waals surface area contributed by atoms with Gasteiger partial charge in [-0.2, -0.15) is 5.01 Å². The molecule has 9 nitrogen and oxygen atoms in total. The lowest BCUT2D eigenvalue weighted by molar-refractivity contribution is -0.138. The Hall–Kier alpha value is -4.59. The molecule has 4 aromatic rings. The Labute approximate surface area is 317 Å². The molecular weight excluding hydrogens is 800 g/mol. The highest BCUT2D eigenvalue weighted by Crippen LogP contribution is 2.64. The van der Waals surface area contributed by atoms with E-state index in [2.05, 4.69) is 28.0 Å². The number of carbonyl (C=O) groups is 4. The number of imide groups is 2. The number of hydrazine groups is 1. The predicted octanol–water partition coefficient (Wildman–Crippen LogP) is 6.64. The first kappa shape index (κ1) is 34.5.